The van der Waals surface area contributed by atoms with Gasteiger partial charge in [-0.25, -0.2) is 9.78 Å². The van der Waals surface area contributed by atoms with Gasteiger partial charge in [0.1, 0.15) is 11.3 Å². The molecule has 12 heteroatoms. The van der Waals surface area contributed by atoms with Crippen molar-refractivity contribution in [1.82, 2.24) is 19.7 Å². The molecule has 0 bridgehead atoms. The largest absolute Gasteiger partial charge is 0.346 e. The van der Waals surface area contributed by atoms with Crippen LogP contribution in [0, 0.1) is 23.7 Å². The number of hydrogen-bond acceptors (Lipinski definition) is 7. The third kappa shape index (κ3) is 6.81. The number of terminal acetylenes is 1. The molecule has 0 spiro atoms. The van der Waals surface area contributed by atoms with Crippen molar-refractivity contribution < 1.29 is 9.59 Å². The Morgan fingerprint density at radius 2 is 2.06 bits per heavy atom. The van der Waals surface area contributed by atoms with E-state index < -0.39 is 17.2 Å². The zero-order valence-electron chi connectivity index (χ0n) is 18.4. The van der Waals surface area contributed by atoms with Gasteiger partial charge in [0.15, 0.2) is 11.0 Å². The molecule has 0 saturated heterocycles. The maximum atomic E-state index is 13.1. The molecule has 1 N–H and O–H groups in total. The van der Waals surface area contributed by atoms with E-state index in [1.807, 2.05) is 19.2 Å². The number of nitrogens with zero attached hydrogens (tertiary/aromatic N) is 5. The standard InChI is InChI=1S/C21H22Cl2N6O2S2/c1-6-7-15(19(30)26-18-14(22)9-8-13(11-24)17(18)23)33-20-25-16(10-12(2)32-5)27-29(20)21(31)28(3)4/h1,8-9,12,15H,7,10H2,2-5H3,(H,26,30). The molecule has 8 nitrogen and oxygen atoms in total. The quantitative estimate of drug-likeness (QED) is 0.402. The van der Waals surface area contributed by atoms with Crippen molar-refractivity contribution in [3.8, 4) is 18.4 Å². The average molecular weight is 525 g/mol. The number of thioether (sulfide) groups is 2. The number of carbonyl (C=O) groups excluding carboxylic acids is 2. The Labute approximate surface area is 211 Å². The van der Waals surface area contributed by atoms with Crippen LogP contribution in [0.1, 0.15) is 24.7 Å². The highest BCUT2D eigenvalue weighted by Gasteiger charge is 2.27. The van der Waals surface area contributed by atoms with Crippen LogP contribution in [0.2, 0.25) is 10.0 Å². The number of benzene rings is 1. The first kappa shape index (κ1) is 26.9. The molecule has 174 valence electrons. The van der Waals surface area contributed by atoms with Gasteiger partial charge in [0, 0.05) is 32.2 Å². The molecule has 0 aliphatic rings. The molecule has 0 fully saturated rings. The Bertz CT molecular complexity index is 1120. The lowest BCUT2D eigenvalue weighted by Crippen LogP contribution is -2.30. The first-order valence-corrected chi connectivity index (χ1v) is 12.5. The summed E-state index contributed by atoms with van der Waals surface area (Å²) in [4.78, 5) is 31.6. The number of amides is 2. The Morgan fingerprint density at radius 1 is 1.36 bits per heavy atom. The number of carbonyl (C=O) groups is 2. The molecule has 1 aromatic heterocycles. The van der Waals surface area contributed by atoms with Crippen LogP contribution in [-0.4, -0.2) is 62.5 Å². The van der Waals surface area contributed by atoms with Crippen LogP contribution in [0.5, 0.6) is 0 Å². The topological polar surface area (TPSA) is 104 Å². The summed E-state index contributed by atoms with van der Waals surface area (Å²) in [6.07, 6.45) is 8.08. The van der Waals surface area contributed by atoms with Gasteiger partial charge in [-0.05, 0) is 18.4 Å². The van der Waals surface area contributed by atoms with Crippen molar-refractivity contribution in [2.75, 3.05) is 25.7 Å². The Balaban J connectivity index is 2.37. The molecule has 2 amide bonds. The predicted molar refractivity (Wildman–Crippen MR) is 134 cm³/mol. The monoisotopic (exact) mass is 524 g/mol. The molecule has 2 rings (SSSR count). The highest BCUT2D eigenvalue weighted by Crippen LogP contribution is 2.34. The van der Waals surface area contributed by atoms with E-state index in [1.165, 1.54) is 21.7 Å². The van der Waals surface area contributed by atoms with Gasteiger partial charge < -0.3 is 10.2 Å². The third-order valence-corrected chi connectivity index (χ3v) is 7.18. The molecule has 33 heavy (non-hydrogen) atoms. The van der Waals surface area contributed by atoms with Gasteiger partial charge in [-0.2, -0.15) is 21.7 Å². The fourth-order valence-electron chi connectivity index (χ4n) is 2.53. The Morgan fingerprint density at radius 3 is 2.64 bits per heavy atom. The molecule has 2 unspecified atom stereocenters. The van der Waals surface area contributed by atoms with Crippen LogP contribution in [-0.2, 0) is 11.2 Å². The maximum Gasteiger partial charge on any atom is 0.346 e. The van der Waals surface area contributed by atoms with Gasteiger partial charge in [0.05, 0.1) is 21.3 Å². The van der Waals surface area contributed by atoms with Gasteiger partial charge in [0.25, 0.3) is 0 Å². The van der Waals surface area contributed by atoms with E-state index in [1.54, 1.807) is 25.9 Å². The normalized spacial score (nSPS) is 12.4. The summed E-state index contributed by atoms with van der Waals surface area (Å²) < 4.78 is 1.17. The van der Waals surface area contributed by atoms with E-state index in [9.17, 15) is 14.9 Å². The molecule has 0 aliphatic heterocycles. The minimum Gasteiger partial charge on any atom is -0.329 e. The lowest BCUT2D eigenvalue weighted by molar-refractivity contribution is -0.115. The summed E-state index contributed by atoms with van der Waals surface area (Å²) in [5.41, 5.74) is 0.284. The van der Waals surface area contributed by atoms with E-state index in [0.29, 0.717) is 12.2 Å². The molecule has 2 aromatic rings. The zero-order valence-corrected chi connectivity index (χ0v) is 21.6. The van der Waals surface area contributed by atoms with Crippen LogP contribution in [0.3, 0.4) is 0 Å². The summed E-state index contributed by atoms with van der Waals surface area (Å²) in [6.45, 7) is 2.03. The number of halogens is 2. The van der Waals surface area contributed by atoms with Gasteiger partial charge in [-0.1, -0.05) is 41.9 Å². The Kier molecular flexibility index (Phi) is 9.93. The summed E-state index contributed by atoms with van der Waals surface area (Å²) in [5.74, 6) is 2.46. The number of rotatable bonds is 8. The van der Waals surface area contributed by atoms with E-state index >= 15 is 0 Å². The SMILES string of the molecule is C#CCC(Sc1nc(CC(C)SC)nn1C(=O)N(C)C)C(=O)Nc1c(Cl)ccc(C#N)c1Cl. The van der Waals surface area contributed by atoms with E-state index in [0.717, 1.165) is 11.8 Å². The van der Waals surface area contributed by atoms with Crippen LogP contribution >= 0.6 is 46.7 Å². The number of hydrogen-bond donors (Lipinski definition) is 1. The van der Waals surface area contributed by atoms with Crippen molar-refractivity contribution in [1.29, 1.82) is 5.26 Å². The van der Waals surface area contributed by atoms with E-state index in [2.05, 4.69) is 21.3 Å². The first-order chi connectivity index (χ1) is 15.6. The van der Waals surface area contributed by atoms with Crippen molar-refractivity contribution in [2.24, 2.45) is 0 Å². The number of aromatic nitrogens is 3. The molecule has 0 saturated carbocycles. The van der Waals surface area contributed by atoms with Crippen molar-refractivity contribution >= 4 is 64.4 Å². The molecule has 0 aliphatic carbocycles. The summed E-state index contributed by atoms with van der Waals surface area (Å²) in [5, 5.41) is 16.1. The van der Waals surface area contributed by atoms with Crippen molar-refractivity contribution in [3.05, 3.63) is 33.6 Å². The van der Waals surface area contributed by atoms with Gasteiger partial charge in [0.2, 0.25) is 5.91 Å². The number of nitrogens with one attached hydrogen (secondary N) is 1. The van der Waals surface area contributed by atoms with Crippen LogP contribution in [0.4, 0.5) is 10.5 Å². The van der Waals surface area contributed by atoms with Gasteiger partial charge in [-0.3, -0.25) is 4.79 Å². The molecular formula is C21H22Cl2N6O2S2. The molecular weight excluding hydrogens is 503 g/mol. The summed E-state index contributed by atoms with van der Waals surface area (Å²) >= 11 is 15.1. The second-order valence-electron chi connectivity index (χ2n) is 7.05. The van der Waals surface area contributed by atoms with Crippen LogP contribution < -0.4 is 5.32 Å². The molecule has 0 radical (unpaired) electrons. The highest BCUT2D eigenvalue weighted by atomic mass is 35.5. The fraction of sp³-hybridized carbons (Fsp3) is 0.381. The van der Waals surface area contributed by atoms with Crippen LogP contribution in [0.15, 0.2) is 17.3 Å². The van der Waals surface area contributed by atoms with Crippen molar-refractivity contribution in [3.63, 3.8) is 0 Å². The number of nitriles is 1. The minimum atomic E-state index is -0.823. The summed E-state index contributed by atoms with van der Waals surface area (Å²) in [7, 11) is 3.20. The first-order valence-electron chi connectivity index (χ1n) is 9.62. The maximum absolute atomic E-state index is 13.1. The second kappa shape index (κ2) is 12.2. The average Bonchev–Trinajstić information content (AvgIpc) is 3.17. The second-order valence-corrected chi connectivity index (χ2v) is 10.3. The third-order valence-electron chi connectivity index (χ3n) is 4.36. The van der Waals surface area contributed by atoms with Gasteiger partial charge >= 0.3 is 6.03 Å². The van der Waals surface area contributed by atoms with E-state index in [-0.39, 0.29) is 38.1 Å². The van der Waals surface area contributed by atoms with E-state index in [4.69, 9.17) is 29.6 Å². The smallest absolute Gasteiger partial charge is 0.329 e. The zero-order chi connectivity index (χ0) is 24.7. The molecule has 1 aromatic carbocycles. The fourth-order valence-corrected chi connectivity index (χ4v) is 4.33. The number of anilines is 1. The summed E-state index contributed by atoms with van der Waals surface area (Å²) in [6, 6.07) is 4.46. The lowest BCUT2D eigenvalue weighted by Gasteiger charge is -2.16. The highest BCUT2D eigenvalue weighted by molar-refractivity contribution is 8.00. The van der Waals surface area contributed by atoms with Crippen LogP contribution in [0.25, 0.3) is 0 Å². The van der Waals surface area contributed by atoms with Gasteiger partial charge in [-0.15, -0.1) is 17.4 Å². The molecule has 1 heterocycles. The Hall–Kier alpha value is -2.37. The minimum absolute atomic E-state index is 0.0297. The lowest BCUT2D eigenvalue weighted by atomic mass is 10.2. The molecule has 2 atom stereocenters. The van der Waals surface area contributed by atoms with Crippen molar-refractivity contribution in [2.45, 2.75) is 35.4 Å². The predicted octanol–water partition coefficient (Wildman–Crippen LogP) is 4.40.